The molecule has 0 aromatic carbocycles. The van der Waals surface area contributed by atoms with Crippen molar-refractivity contribution in [3.05, 3.63) is 0 Å². The topological polar surface area (TPSA) is 6.48 Å². The predicted octanol–water partition coefficient (Wildman–Crippen LogP) is 2.70. The average Bonchev–Trinajstić information content (AvgIpc) is 2.50. The summed E-state index contributed by atoms with van der Waals surface area (Å²) in [7, 11) is 4.52. The molecule has 92 valence electrons. The minimum atomic E-state index is 0. The minimum Gasteiger partial charge on any atom is -0.306 e. The van der Waals surface area contributed by atoms with E-state index in [9.17, 15) is 0 Å². The first kappa shape index (κ1) is 14.9. The van der Waals surface area contributed by atoms with Crippen LogP contribution in [0.1, 0.15) is 40.5 Å². The Bertz CT molecular complexity index is 166. The molecule has 0 amide bonds. The van der Waals surface area contributed by atoms with Crippen LogP contribution in [-0.2, 0) is 0 Å². The molecule has 1 spiro atoms. The van der Waals surface area contributed by atoms with E-state index in [2.05, 4.69) is 23.9 Å². The zero-order chi connectivity index (χ0) is 10.6. The zero-order valence-electron chi connectivity index (χ0n) is 10.3. The molecule has 0 saturated carbocycles. The van der Waals surface area contributed by atoms with Crippen LogP contribution in [0.4, 0.5) is 0 Å². The Kier molecular flexibility index (Phi) is 6.46. The number of hydrogen-bond donors (Lipinski definition) is 0. The number of nitrogens with zero attached hydrogens (tertiary/aromatic N) is 2. The third-order valence-corrected chi connectivity index (χ3v) is 3.48. The van der Waals surface area contributed by atoms with E-state index >= 15 is 0 Å². The molecule has 0 aromatic rings. The maximum absolute atomic E-state index is 2.50. The molecule has 15 heavy (non-hydrogen) atoms. The summed E-state index contributed by atoms with van der Waals surface area (Å²) < 4.78 is 0. The fourth-order valence-electron chi connectivity index (χ4n) is 2.95. The van der Waals surface area contributed by atoms with Gasteiger partial charge >= 0.3 is 0 Å². The minimum absolute atomic E-state index is 0. The highest BCUT2D eigenvalue weighted by Crippen LogP contribution is 2.37. The molecule has 2 heterocycles. The highest BCUT2D eigenvalue weighted by molar-refractivity contribution is 4.93. The molecular formula is C13H30N2. The lowest BCUT2D eigenvalue weighted by atomic mass is 9.79. The van der Waals surface area contributed by atoms with E-state index < -0.39 is 0 Å². The predicted molar refractivity (Wildman–Crippen MR) is 69.4 cm³/mol. The molecule has 1 unspecified atom stereocenters. The Hall–Kier alpha value is -0.0800. The molecule has 2 fully saturated rings. The molecule has 0 radical (unpaired) electrons. The van der Waals surface area contributed by atoms with Gasteiger partial charge in [-0.3, -0.25) is 0 Å². The Morgan fingerprint density at radius 1 is 0.867 bits per heavy atom. The van der Waals surface area contributed by atoms with E-state index in [1.165, 1.54) is 45.4 Å². The van der Waals surface area contributed by atoms with Crippen LogP contribution in [0.15, 0.2) is 0 Å². The summed E-state index contributed by atoms with van der Waals surface area (Å²) in [6.45, 7) is 9.29. The number of rotatable bonds is 0. The van der Waals surface area contributed by atoms with E-state index in [1.807, 2.05) is 13.8 Å². The van der Waals surface area contributed by atoms with Gasteiger partial charge in [-0.25, -0.2) is 0 Å². The Labute approximate surface area is 96.6 Å². The average molecular weight is 214 g/mol. The van der Waals surface area contributed by atoms with Crippen LogP contribution < -0.4 is 0 Å². The van der Waals surface area contributed by atoms with Crippen molar-refractivity contribution in [3.8, 4) is 0 Å². The summed E-state index contributed by atoms with van der Waals surface area (Å²) in [6, 6.07) is 0. The summed E-state index contributed by atoms with van der Waals surface area (Å²) in [4.78, 5) is 4.99. The summed E-state index contributed by atoms with van der Waals surface area (Å²) in [5.74, 6) is 0. The monoisotopic (exact) mass is 214 g/mol. The van der Waals surface area contributed by atoms with Gasteiger partial charge in [0.1, 0.15) is 0 Å². The second-order valence-corrected chi connectivity index (χ2v) is 4.83. The molecule has 1 atom stereocenters. The van der Waals surface area contributed by atoms with Crippen molar-refractivity contribution < 1.29 is 0 Å². The van der Waals surface area contributed by atoms with Crippen LogP contribution in [0.5, 0.6) is 0 Å². The second kappa shape index (κ2) is 6.49. The molecule has 2 rings (SSSR count). The van der Waals surface area contributed by atoms with Crippen LogP contribution in [0, 0.1) is 5.41 Å². The van der Waals surface area contributed by atoms with E-state index in [-0.39, 0.29) is 7.43 Å². The van der Waals surface area contributed by atoms with Crippen LogP contribution >= 0.6 is 0 Å². The zero-order valence-corrected chi connectivity index (χ0v) is 10.3. The molecule has 0 bridgehead atoms. The third-order valence-electron chi connectivity index (χ3n) is 3.48. The molecule has 2 heteroatoms. The molecule has 0 aromatic heterocycles. The second-order valence-electron chi connectivity index (χ2n) is 4.83. The fourth-order valence-corrected chi connectivity index (χ4v) is 2.95. The van der Waals surface area contributed by atoms with Gasteiger partial charge < -0.3 is 9.80 Å². The molecule has 0 N–H and O–H groups in total. The van der Waals surface area contributed by atoms with Crippen LogP contribution in [0.2, 0.25) is 0 Å². The van der Waals surface area contributed by atoms with Gasteiger partial charge in [0.15, 0.2) is 0 Å². The lowest BCUT2D eigenvalue weighted by molar-refractivity contribution is 0.117. The van der Waals surface area contributed by atoms with Crippen molar-refractivity contribution >= 4 is 0 Å². The normalized spacial score (nSPS) is 32.0. The fraction of sp³-hybridized carbons (Fsp3) is 1.00. The smallest absolute Gasteiger partial charge is 0.00477 e. The van der Waals surface area contributed by atoms with Crippen LogP contribution in [0.3, 0.4) is 0 Å². The molecular weight excluding hydrogens is 184 g/mol. The molecule has 2 aliphatic rings. The van der Waals surface area contributed by atoms with Gasteiger partial charge in [-0.2, -0.15) is 0 Å². The van der Waals surface area contributed by atoms with Crippen molar-refractivity contribution in [3.63, 3.8) is 0 Å². The first-order chi connectivity index (χ1) is 6.70. The van der Waals surface area contributed by atoms with Gasteiger partial charge in [0, 0.05) is 13.1 Å². The summed E-state index contributed by atoms with van der Waals surface area (Å²) in [6.07, 6.45) is 4.29. The number of piperidine rings is 1. The standard InChI is InChI=1S/C10H20N2.C2H6.CH4/c1-11-6-3-4-10(8-11)5-7-12(2)9-10;1-2;/h3-9H2,1-2H3;1-2H3;1H4. The van der Waals surface area contributed by atoms with E-state index in [1.54, 1.807) is 0 Å². The van der Waals surface area contributed by atoms with Gasteiger partial charge in [-0.1, -0.05) is 21.3 Å². The quantitative estimate of drug-likeness (QED) is 0.612. The van der Waals surface area contributed by atoms with Crippen LogP contribution in [-0.4, -0.2) is 50.1 Å². The van der Waals surface area contributed by atoms with Crippen molar-refractivity contribution in [2.45, 2.75) is 40.5 Å². The van der Waals surface area contributed by atoms with Crippen LogP contribution in [0.25, 0.3) is 0 Å². The van der Waals surface area contributed by atoms with Gasteiger partial charge in [-0.15, -0.1) is 0 Å². The summed E-state index contributed by atoms with van der Waals surface area (Å²) in [5, 5.41) is 0. The maximum Gasteiger partial charge on any atom is 0.00477 e. The molecule has 0 aliphatic carbocycles. The molecule has 2 aliphatic heterocycles. The Morgan fingerprint density at radius 3 is 1.80 bits per heavy atom. The van der Waals surface area contributed by atoms with E-state index in [0.717, 1.165) is 0 Å². The van der Waals surface area contributed by atoms with Gasteiger partial charge in [-0.05, 0) is 51.9 Å². The number of likely N-dealkylation sites (tertiary alicyclic amines) is 2. The largest absolute Gasteiger partial charge is 0.306 e. The SMILES string of the molecule is C.CC.CN1CCCC2(CCN(C)C2)C1. The Balaban J connectivity index is 0.000000617. The summed E-state index contributed by atoms with van der Waals surface area (Å²) >= 11 is 0. The first-order valence-corrected chi connectivity index (χ1v) is 6.07. The van der Waals surface area contributed by atoms with Gasteiger partial charge in [0.2, 0.25) is 0 Å². The number of hydrogen-bond acceptors (Lipinski definition) is 2. The van der Waals surface area contributed by atoms with Gasteiger partial charge in [0.25, 0.3) is 0 Å². The lowest BCUT2D eigenvalue weighted by Crippen LogP contribution is -2.42. The van der Waals surface area contributed by atoms with E-state index in [4.69, 9.17) is 0 Å². The van der Waals surface area contributed by atoms with Crippen molar-refractivity contribution in [2.24, 2.45) is 5.41 Å². The lowest BCUT2D eigenvalue weighted by Gasteiger charge is -2.38. The first-order valence-electron chi connectivity index (χ1n) is 6.07. The summed E-state index contributed by atoms with van der Waals surface area (Å²) in [5.41, 5.74) is 0.668. The molecule has 2 saturated heterocycles. The van der Waals surface area contributed by atoms with E-state index in [0.29, 0.717) is 5.41 Å². The highest BCUT2D eigenvalue weighted by Gasteiger charge is 2.38. The van der Waals surface area contributed by atoms with Crippen molar-refractivity contribution in [2.75, 3.05) is 40.3 Å². The third kappa shape index (κ3) is 3.76. The van der Waals surface area contributed by atoms with Gasteiger partial charge in [0.05, 0.1) is 0 Å². The molecule has 2 nitrogen and oxygen atoms in total. The Morgan fingerprint density at radius 2 is 1.40 bits per heavy atom. The maximum atomic E-state index is 2.50. The highest BCUT2D eigenvalue weighted by atomic mass is 15.2. The van der Waals surface area contributed by atoms with Crippen molar-refractivity contribution in [1.82, 2.24) is 9.80 Å². The van der Waals surface area contributed by atoms with Crippen molar-refractivity contribution in [1.29, 1.82) is 0 Å².